The first-order valence-electron chi connectivity index (χ1n) is 2.82. The van der Waals surface area contributed by atoms with Gasteiger partial charge in [0.2, 0.25) is 0 Å². The zero-order valence-electron chi connectivity index (χ0n) is 4.43. The van der Waals surface area contributed by atoms with Gasteiger partial charge in [-0.15, -0.1) is 9.24 Å². The first kappa shape index (κ1) is 5.53. The van der Waals surface area contributed by atoms with Gasteiger partial charge in [-0.05, 0) is 18.5 Å². The summed E-state index contributed by atoms with van der Waals surface area (Å²) >= 11 is 0. The van der Waals surface area contributed by atoms with Crippen molar-refractivity contribution in [2.45, 2.75) is 31.0 Å². The summed E-state index contributed by atoms with van der Waals surface area (Å²) < 4.78 is 0. The molecule has 0 aromatic rings. The predicted molar refractivity (Wildman–Crippen MR) is 35.3 cm³/mol. The molecule has 7 heavy (non-hydrogen) atoms. The summed E-state index contributed by atoms with van der Waals surface area (Å²) in [5, 5.41) is 0. The summed E-state index contributed by atoms with van der Waals surface area (Å²) in [5.41, 5.74) is 6.37. The van der Waals surface area contributed by atoms with Crippen molar-refractivity contribution in [3.8, 4) is 0 Å². The van der Waals surface area contributed by atoms with E-state index in [0.29, 0.717) is 11.7 Å². The highest BCUT2D eigenvalue weighted by Gasteiger charge is 2.18. The van der Waals surface area contributed by atoms with Crippen molar-refractivity contribution in [2.75, 3.05) is 0 Å². The van der Waals surface area contributed by atoms with E-state index in [2.05, 4.69) is 9.24 Å². The second kappa shape index (κ2) is 2.11. The summed E-state index contributed by atoms with van der Waals surface area (Å²) in [7, 11) is 2.79. The fraction of sp³-hybridized carbons (Fsp3) is 1.00. The average Bonchev–Trinajstić information content (AvgIpc) is 1.91. The lowest BCUT2D eigenvalue weighted by molar-refractivity contribution is 0.716. The van der Waals surface area contributed by atoms with Crippen LogP contribution in [-0.2, 0) is 0 Å². The second-order valence-corrected chi connectivity index (χ2v) is 3.11. The maximum absolute atomic E-state index is 5.66. The van der Waals surface area contributed by atoms with Crippen molar-refractivity contribution >= 4 is 9.24 Å². The minimum absolute atomic E-state index is 0.477. The van der Waals surface area contributed by atoms with E-state index >= 15 is 0 Å². The third-order valence-electron chi connectivity index (χ3n) is 1.62. The van der Waals surface area contributed by atoms with E-state index in [0.717, 1.165) is 0 Å². The van der Waals surface area contributed by atoms with Crippen LogP contribution >= 0.6 is 9.24 Å². The van der Waals surface area contributed by atoms with Gasteiger partial charge in [-0.25, -0.2) is 0 Å². The minimum Gasteiger partial charge on any atom is -0.327 e. The van der Waals surface area contributed by atoms with Crippen LogP contribution in [0.3, 0.4) is 0 Å². The molecule has 3 unspecified atom stereocenters. The van der Waals surface area contributed by atoms with E-state index < -0.39 is 0 Å². The Labute approximate surface area is 46.9 Å². The molecule has 0 saturated heterocycles. The van der Waals surface area contributed by atoms with Crippen LogP contribution in [0.1, 0.15) is 19.3 Å². The maximum atomic E-state index is 5.66. The molecular weight excluding hydrogens is 105 g/mol. The Morgan fingerprint density at radius 2 is 2.14 bits per heavy atom. The molecule has 0 bridgehead atoms. The Bertz CT molecular complexity index is 57.1. The topological polar surface area (TPSA) is 26.0 Å². The third kappa shape index (κ3) is 1.14. The van der Waals surface area contributed by atoms with Crippen molar-refractivity contribution in [1.82, 2.24) is 0 Å². The summed E-state index contributed by atoms with van der Waals surface area (Å²) in [6.45, 7) is 0. The molecule has 42 valence electrons. The monoisotopic (exact) mass is 117 g/mol. The van der Waals surface area contributed by atoms with E-state index in [-0.39, 0.29) is 0 Å². The molecule has 2 N–H and O–H groups in total. The molecule has 1 nitrogen and oxygen atoms in total. The van der Waals surface area contributed by atoms with Gasteiger partial charge < -0.3 is 5.73 Å². The van der Waals surface area contributed by atoms with Gasteiger partial charge in [-0.1, -0.05) is 6.42 Å². The van der Waals surface area contributed by atoms with Crippen LogP contribution in [0.25, 0.3) is 0 Å². The number of hydrogen-bond acceptors (Lipinski definition) is 1. The maximum Gasteiger partial charge on any atom is 0.0102 e. The molecule has 1 rings (SSSR count). The molecule has 0 aliphatic heterocycles. The highest BCUT2D eigenvalue weighted by molar-refractivity contribution is 7.17. The summed E-state index contributed by atoms with van der Waals surface area (Å²) in [4.78, 5) is 0. The SMILES string of the molecule is NC1CCCC1P. The number of nitrogens with two attached hydrogens (primary N) is 1. The van der Waals surface area contributed by atoms with Gasteiger partial charge in [0, 0.05) is 6.04 Å². The van der Waals surface area contributed by atoms with Crippen molar-refractivity contribution in [1.29, 1.82) is 0 Å². The molecule has 0 aromatic heterocycles. The van der Waals surface area contributed by atoms with E-state index in [1.165, 1.54) is 19.3 Å². The van der Waals surface area contributed by atoms with Crippen molar-refractivity contribution < 1.29 is 0 Å². The first-order chi connectivity index (χ1) is 3.30. The molecule has 0 amide bonds. The van der Waals surface area contributed by atoms with Gasteiger partial charge >= 0.3 is 0 Å². The molecule has 2 heteroatoms. The first-order valence-corrected chi connectivity index (χ1v) is 3.48. The molecule has 0 radical (unpaired) electrons. The van der Waals surface area contributed by atoms with Crippen LogP contribution in [0.15, 0.2) is 0 Å². The van der Waals surface area contributed by atoms with E-state index in [4.69, 9.17) is 5.73 Å². The molecule has 0 spiro atoms. The van der Waals surface area contributed by atoms with Crippen LogP contribution in [0, 0.1) is 0 Å². The van der Waals surface area contributed by atoms with Crippen LogP contribution in [-0.4, -0.2) is 11.7 Å². The van der Waals surface area contributed by atoms with E-state index in [9.17, 15) is 0 Å². The summed E-state index contributed by atoms with van der Waals surface area (Å²) in [6, 6.07) is 0.477. The minimum atomic E-state index is 0.477. The zero-order chi connectivity index (χ0) is 5.28. The van der Waals surface area contributed by atoms with Crippen LogP contribution in [0.4, 0.5) is 0 Å². The van der Waals surface area contributed by atoms with E-state index in [1.807, 2.05) is 0 Å². The van der Waals surface area contributed by atoms with Gasteiger partial charge in [-0.2, -0.15) is 0 Å². The lowest BCUT2D eigenvalue weighted by Gasteiger charge is -2.05. The Morgan fingerprint density at radius 3 is 2.29 bits per heavy atom. The molecule has 0 heterocycles. The van der Waals surface area contributed by atoms with Gasteiger partial charge in [0.05, 0.1) is 0 Å². The zero-order valence-corrected chi connectivity index (χ0v) is 5.59. The molecule has 1 aliphatic rings. The van der Waals surface area contributed by atoms with Gasteiger partial charge in [0.15, 0.2) is 0 Å². The van der Waals surface area contributed by atoms with Crippen molar-refractivity contribution in [3.05, 3.63) is 0 Å². The van der Waals surface area contributed by atoms with Gasteiger partial charge in [0.1, 0.15) is 0 Å². The standard InChI is InChI=1S/C5H12NP/c6-4-2-1-3-5(4)7/h4-5H,1-3,6-7H2. The Balaban J connectivity index is 2.33. The molecular formula is C5H12NP. The molecule has 0 aromatic carbocycles. The molecule has 1 aliphatic carbocycles. The third-order valence-corrected chi connectivity index (χ3v) is 2.45. The Morgan fingerprint density at radius 1 is 1.43 bits per heavy atom. The van der Waals surface area contributed by atoms with Crippen molar-refractivity contribution in [3.63, 3.8) is 0 Å². The quantitative estimate of drug-likeness (QED) is 0.465. The van der Waals surface area contributed by atoms with E-state index in [1.54, 1.807) is 0 Å². The molecule has 1 saturated carbocycles. The highest BCUT2D eigenvalue weighted by Crippen LogP contribution is 2.23. The largest absolute Gasteiger partial charge is 0.327 e. The van der Waals surface area contributed by atoms with Gasteiger partial charge in [0.25, 0.3) is 0 Å². The smallest absolute Gasteiger partial charge is 0.0102 e. The Hall–Kier alpha value is 0.390. The number of hydrogen-bond donors (Lipinski definition) is 1. The summed E-state index contributed by atoms with van der Waals surface area (Å²) in [5.74, 6) is 0. The second-order valence-electron chi connectivity index (χ2n) is 2.26. The Kier molecular flexibility index (Phi) is 1.66. The number of rotatable bonds is 0. The fourth-order valence-electron chi connectivity index (χ4n) is 1.02. The average molecular weight is 117 g/mol. The van der Waals surface area contributed by atoms with Crippen LogP contribution < -0.4 is 5.73 Å². The van der Waals surface area contributed by atoms with Crippen LogP contribution in [0.5, 0.6) is 0 Å². The highest BCUT2D eigenvalue weighted by atomic mass is 31.0. The van der Waals surface area contributed by atoms with Crippen molar-refractivity contribution in [2.24, 2.45) is 5.73 Å². The van der Waals surface area contributed by atoms with Gasteiger partial charge in [-0.3, -0.25) is 0 Å². The predicted octanol–water partition coefficient (Wildman–Crippen LogP) is 0.741. The summed E-state index contributed by atoms with van der Waals surface area (Å²) in [6.07, 6.45) is 3.87. The lowest BCUT2D eigenvalue weighted by atomic mass is 10.3. The molecule has 3 atom stereocenters. The lowest BCUT2D eigenvalue weighted by Crippen LogP contribution is -2.23. The normalized spacial score (nSPS) is 42.0. The molecule has 1 fully saturated rings. The van der Waals surface area contributed by atoms with Crippen LogP contribution in [0.2, 0.25) is 0 Å². The fourth-order valence-corrected chi connectivity index (χ4v) is 1.45.